The molecule has 0 aromatic carbocycles. The van der Waals surface area contributed by atoms with Crippen LogP contribution in [0.4, 0.5) is 11.5 Å². The molecule has 116 valence electrons. The molecule has 1 heterocycles. The summed E-state index contributed by atoms with van der Waals surface area (Å²) in [5, 5.41) is 16.5. The van der Waals surface area contributed by atoms with Crippen LogP contribution in [0.5, 0.6) is 5.88 Å². The van der Waals surface area contributed by atoms with Crippen molar-refractivity contribution in [2.45, 2.75) is 26.8 Å². The van der Waals surface area contributed by atoms with Gasteiger partial charge in [0.2, 0.25) is 11.7 Å². The Morgan fingerprint density at radius 3 is 2.62 bits per heavy atom. The average Bonchev–Trinajstić information content (AvgIpc) is 2.43. The summed E-state index contributed by atoms with van der Waals surface area (Å²) in [6.45, 7) is 6.06. The van der Waals surface area contributed by atoms with Gasteiger partial charge in [-0.25, -0.2) is 4.98 Å². The number of hydrogen-bond donors (Lipinski definition) is 2. The third kappa shape index (κ3) is 4.55. The van der Waals surface area contributed by atoms with E-state index in [0.29, 0.717) is 12.5 Å². The highest BCUT2D eigenvalue weighted by atomic mass is 16.6. The molecule has 0 spiro atoms. The minimum atomic E-state index is -0.679. The van der Waals surface area contributed by atoms with Gasteiger partial charge in [-0.3, -0.25) is 14.9 Å². The summed E-state index contributed by atoms with van der Waals surface area (Å²) in [4.78, 5) is 29.8. The summed E-state index contributed by atoms with van der Waals surface area (Å²) in [7, 11) is 1.28. The first-order valence-corrected chi connectivity index (χ1v) is 6.44. The number of amides is 1. The molecule has 0 aliphatic heterocycles. The topological polar surface area (TPSA) is 119 Å². The number of nitrogens with zero attached hydrogens (tertiary/aromatic N) is 3. The molecule has 1 amide bonds. The first-order chi connectivity index (χ1) is 9.86. The van der Waals surface area contributed by atoms with Crippen LogP contribution in [0.15, 0.2) is 6.33 Å². The number of anilines is 1. The van der Waals surface area contributed by atoms with Crippen molar-refractivity contribution in [3.8, 4) is 5.88 Å². The van der Waals surface area contributed by atoms with Crippen molar-refractivity contribution in [3.05, 3.63) is 16.4 Å². The van der Waals surface area contributed by atoms with E-state index in [-0.39, 0.29) is 17.6 Å². The second kappa shape index (κ2) is 7.36. The fourth-order valence-electron chi connectivity index (χ4n) is 1.51. The normalized spacial score (nSPS) is 11.9. The lowest BCUT2D eigenvalue weighted by Gasteiger charge is -2.15. The van der Waals surface area contributed by atoms with Crippen LogP contribution < -0.4 is 15.4 Å². The van der Waals surface area contributed by atoms with Crippen LogP contribution in [0.3, 0.4) is 0 Å². The number of hydrogen-bond acceptors (Lipinski definition) is 7. The van der Waals surface area contributed by atoms with Crippen LogP contribution in [0.2, 0.25) is 0 Å². The summed E-state index contributed by atoms with van der Waals surface area (Å²) in [5.74, 6) is -0.170. The fraction of sp³-hybridized carbons (Fsp3) is 0.583. The van der Waals surface area contributed by atoms with Gasteiger partial charge in [0.15, 0.2) is 0 Å². The molecule has 21 heavy (non-hydrogen) atoms. The van der Waals surface area contributed by atoms with Crippen LogP contribution in [0.25, 0.3) is 0 Å². The van der Waals surface area contributed by atoms with Crippen molar-refractivity contribution in [2.24, 2.45) is 5.92 Å². The molecule has 1 atom stereocenters. The Morgan fingerprint density at radius 1 is 1.43 bits per heavy atom. The van der Waals surface area contributed by atoms with Crippen LogP contribution in [-0.2, 0) is 4.79 Å². The number of carbonyl (C=O) groups excluding carboxylic acids is 1. The van der Waals surface area contributed by atoms with Gasteiger partial charge in [-0.2, -0.15) is 4.98 Å². The molecule has 0 saturated carbocycles. The predicted octanol–water partition coefficient (Wildman–Crippen LogP) is 0.966. The van der Waals surface area contributed by atoms with Crippen molar-refractivity contribution in [3.63, 3.8) is 0 Å². The van der Waals surface area contributed by atoms with E-state index in [4.69, 9.17) is 4.74 Å². The van der Waals surface area contributed by atoms with Crippen LogP contribution in [0.1, 0.15) is 20.8 Å². The quantitative estimate of drug-likeness (QED) is 0.568. The lowest BCUT2D eigenvalue weighted by Crippen LogP contribution is -2.39. The fourth-order valence-corrected chi connectivity index (χ4v) is 1.51. The van der Waals surface area contributed by atoms with E-state index in [0.717, 1.165) is 6.33 Å². The second-order valence-corrected chi connectivity index (χ2v) is 4.84. The molecule has 0 saturated heterocycles. The monoisotopic (exact) mass is 297 g/mol. The number of aromatic nitrogens is 2. The van der Waals surface area contributed by atoms with E-state index in [1.165, 1.54) is 7.11 Å². The zero-order valence-electron chi connectivity index (χ0n) is 12.4. The summed E-state index contributed by atoms with van der Waals surface area (Å²) in [6, 6.07) is -0.679. The number of carbonyl (C=O) groups is 1. The first kappa shape index (κ1) is 16.6. The van der Waals surface area contributed by atoms with Crippen molar-refractivity contribution in [1.82, 2.24) is 15.3 Å². The second-order valence-electron chi connectivity index (χ2n) is 4.84. The van der Waals surface area contributed by atoms with Gasteiger partial charge < -0.3 is 15.4 Å². The third-order valence-corrected chi connectivity index (χ3v) is 2.60. The lowest BCUT2D eigenvalue weighted by molar-refractivity contribution is -0.385. The zero-order valence-corrected chi connectivity index (χ0v) is 12.4. The molecular weight excluding hydrogens is 278 g/mol. The summed E-state index contributed by atoms with van der Waals surface area (Å²) < 4.78 is 4.83. The van der Waals surface area contributed by atoms with Gasteiger partial charge in [0.05, 0.1) is 12.0 Å². The molecule has 9 nitrogen and oxygen atoms in total. The minimum Gasteiger partial charge on any atom is -0.476 e. The number of methoxy groups -OCH3 is 1. The number of rotatable bonds is 7. The largest absolute Gasteiger partial charge is 0.476 e. The van der Waals surface area contributed by atoms with Gasteiger partial charge in [0, 0.05) is 6.54 Å². The molecule has 1 aromatic heterocycles. The average molecular weight is 297 g/mol. The first-order valence-electron chi connectivity index (χ1n) is 6.44. The lowest BCUT2D eigenvalue weighted by atomic mass is 10.2. The summed E-state index contributed by atoms with van der Waals surface area (Å²) in [6.07, 6.45) is 1.13. The number of nitrogens with one attached hydrogen (secondary N) is 2. The van der Waals surface area contributed by atoms with Crippen molar-refractivity contribution >= 4 is 17.4 Å². The van der Waals surface area contributed by atoms with E-state index in [9.17, 15) is 14.9 Å². The van der Waals surface area contributed by atoms with Gasteiger partial charge >= 0.3 is 5.69 Å². The van der Waals surface area contributed by atoms with Crippen LogP contribution in [0, 0.1) is 16.0 Å². The Labute approximate surface area is 122 Å². The number of nitro groups is 1. The van der Waals surface area contributed by atoms with E-state index >= 15 is 0 Å². The third-order valence-electron chi connectivity index (χ3n) is 2.60. The molecule has 1 unspecified atom stereocenters. The molecular formula is C12H19N5O4. The summed E-state index contributed by atoms with van der Waals surface area (Å²) in [5.41, 5.74) is -0.400. The number of ether oxygens (including phenoxy) is 1. The van der Waals surface area contributed by atoms with Gasteiger partial charge in [-0.15, -0.1) is 0 Å². The molecule has 2 N–H and O–H groups in total. The highest BCUT2D eigenvalue weighted by Crippen LogP contribution is 2.30. The predicted molar refractivity (Wildman–Crippen MR) is 76.2 cm³/mol. The van der Waals surface area contributed by atoms with Crippen molar-refractivity contribution in [1.29, 1.82) is 0 Å². The molecule has 9 heteroatoms. The molecule has 0 aliphatic rings. The molecule has 1 aromatic rings. The van der Waals surface area contributed by atoms with Crippen LogP contribution >= 0.6 is 0 Å². The van der Waals surface area contributed by atoms with E-state index in [2.05, 4.69) is 20.6 Å². The molecule has 1 rings (SSSR count). The van der Waals surface area contributed by atoms with Gasteiger partial charge in [-0.05, 0) is 12.8 Å². The Kier molecular flexibility index (Phi) is 5.82. The van der Waals surface area contributed by atoms with Gasteiger partial charge in [0.1, 0.15) is 12.4 Å². The molecule has 0 bridgehead atoms. The highest BCUT2D eigenvalue weighted by molar-refractivity contribution is 5.84. The Hall–Kier alpha value is -2.45. The van der Waals surface area contributed by atoms with Crippen molar-refractivity contribution in [2.75, 3.05) is 19.0 Å². The Balaban J connectivity index is 2.87. The molecule has 0 aliphatic carbocycles. The maximum Gasteiger partial charge on any atom is 0.372 e. The minimum absolute atomic E-state index is 0.0564. The SMILES string of the molecule is COc1ncnc(NC(C)C(=O)NCC(C)C)c1[N+](=O)[O-]. The smallest absolute Gasteiger partial charge is 0.372 e. The maximum atomic E-state index is 11.9. The van der Waals surface area contributed by atoms with Gasteiger partial charge in [-0.1, -0.05) is 13.8 Å². The zero-order chi connectivity index (χ0) is 16.0. The molecule has 0 radical (unpaired) electrons. The Morgan fingerprint density at radius 2 is 2.10 bits per heavy atom. The van der Waals surface area contributed by atoms with E-state index < -0.39 is 16.7 Å². The summed E-state index contributed by atoms with van der Waals surface area (Å²) >= 11 is 0. The van der Waals surface area contributed by atoms with Crippen molar-refractivity contribution < 1.29 is 14.5 Å². The van der Waals surface area contributed by atoms with E-state index in [1.54, 1.807) is 6.92 Å². The highest BCUT2D eigenvalue weighted by Gasteiger charge is 2.26. The standard InChI is InChI=1S/C12H19N5O4/c1-7(2)5-13-11(18)8(3)16-10-9(17(19)20)12(21-4)15-6-14-10/h6-8H,5H2,1-4H3,(H,13,18)(H,14,15,16). The van der Waals surface area contributed by atoms with Gasteiger partial charge in [0.25, 0.3) is 5.88 Å². The Bertz CT molecular complexity index is 520. The maximum absolute atomic E-state index is 11.9. The molecule has 0 fully saturated rings. The van der Waals surface area contributed by atoms with Crippen LogP contribution in [-0.4, -0.2) is 40.5 Å². The van der Waals surface area contributed by atoms with E-state index in [1.807, 2.05) is 13.8 Å².